The van der Waals surface area contributed by atoms with Gasteiger partial charge in [-0.1, -0.05) is 55.2 Å². The van der Waals surface area contributed by atoms with Gasteiger partial charge < -0.3 is 10.2 Å². The van der Waals surface area contributed by atoms with E-state index in [1.54, 1.807) is 31.2 Å². The van der Waals surface area contributed by atoms with Crippen molar-refractivity contribution < 1.29 is 18.0 Å². The summed E-state index contributed by atoms with van der Waals surface area (Å²) in [7, 11) is -2.60. The number of amides is 2. The van der Waals surface area contributed by atoms with Crippen molar-refractivity contribution in [2.24, 2.45) is 0 Å². The standard InChI is InChI=1S/C23H29Cl2N3O4S/c1-4-14-26-23(30)21(5-2)28(15-17-8-6-7-9-20(17)25)22(29)16-27(3)33(31,32)19-12-10-18(24)11-13-19/h6-13,21H,4-5,14-16H2,1-3H3,(H,26,30)/t21-/m1/s1. The average Bonchev–Trinajstić information content (AvgIpc) is 2.78. The zero-order chi connectivity index (χ0) is 24.6. The molecule has 0 aliphatic carbocycles. The maximum Gasteiger partial charge on any atom is 0.243 e. The molecule has 2 rings (SSSR count). The van der Waals surface area contributed by atoms with Crippen LogP contribution in [-0.4, -0.2) is 55.6 Å². The van der Waals surface area contributed by atoms with Gasteiger partial charge in [-0.2, -0.15) is 4.31 Å². The SMILES string of the molecule is CCCNC(=O)[C@@H](CC)N(Cc1ccccc1Cl)C(=O)CN(C)S(=O)(=O)c1ccc(Cl)cc1. The van der Waals surface area contributed by atoms with Crippen LogP contribution in [0.25, 0.3) is 0 Å². The molecule has 180 valence electrons. The lowest BCUT2D eigenvalue weighted by atomic mass is 10.1. The Morgan fingerprint density at radius 3 is 2.24 bits per heavy atom. The Bertz CT molecular complexity index is 1060. The number of likely N-dealkylation sites (N-methyl/N-ethyl adjacent to an activating group) is 1. The lowest BCUT2D eigenvalue weighted by Gasteiger charge is -2.32. The van der Waals surface area contributed by atoms with E-state index in [0.717, 1.165) is 10.7 Å². The molecule has 2 aromatic carbocycles. The molecule has 0 unspecified atom stereocenters. The van der Waals surface area contributed by atoms with Crippen molar-refractivity contribution in [1.29, 1.82) is 0 Å². The van der Waals surface area contributed by atoms with E-state index in [1.807, 2.05) is 6.92 Å². The molecule has 2 aromatic rings. The van der Waals surface area contributed by atoms with Crippen LogP contribution in [0, 0.1) is 0 Å². The van der Waals surface area contributed by atoms with E-state index in [9.17, 15) is 18.0 Å². The zero-order valence-corrected chi connectivity index (χ0v) is 21.3. The van der Waals surface area contributed by atoms with Crippen molar-refractivity contribution in [1.82, 2.24) is 14.5 Å². The van der Waals surface area contributed by atoms with Crippen molar-refractivity contribution in [2.45, 2.75) is 44.2 Å². The first-order chi connectivity index (χ1) is 15.6. The molecule has 0 fully saturated rings. The third kappa shape index (κ3) is 7.17. The molecule has 0 aliphatic rings. The van der Waals surface area contributed by atoms with Crippen molar-refractivity contribution in [2.75, 3.05) is 20.1 Å². The van der Waals surface area contributed by atoms with Crippen LogP contribution < -0.4 is 5.32 Å². The Balaban J connectivity index is 2.32. The highest BCUT2D eigenvalue weighted by atomic mass is 35.5. The summed E-state index contributed by atoms with van der Waals surface area (Å²) in [6.07, 6.45) is 1.11. The van der Waals surface area contributed by atoms with E-state index in [4.69, 9.17) is 23.2 Å². The van der Waals surface area contributed by atoms with Crippen LogP contribution in [-0.2, 0) is 26.2 Å². The molecule has 0 aromatic heterocycles. The number of benzene rings is 2. The van der Waals surface area contributed by atoms with Crippen LogP contribution in [0.5, 0.6) is 0 Å². The largest absolute Gasteiger partial charge is 0.354 e. The van der Waals surface area contributed by atoms with Crippen LogP contribution in [0.3, 0.4) is 0 Å². The molecule has 0 heterocycles. The van der Waals surface area contributed by atoms with Crippen molar-refractivity contribution in [3.63, 3.8) is 0 Å². The van der Waals surface area contributed by atoms with Gasteiger partial charge >= 0.3 is 0 Å². The molecule has 7 nitrogen and oxygen atoms in total. The molecule has 33 heavy (non-hydrogen) atoms. The molecular weight excluding hydrogens is 485 g/mol. The second-order valence-electron chi connectivity index (χ2n) is 7.54. The molecule has 2 amide bonds. The number of sulfonamides is 1. The number of nitrogens with one attached hydrogen (secondary N) is 1. The summed E-state index contributed by atoms with van der Waals surface area (Å²) >= 11 is 12.2. The van der Waals surface area contributed by atoms with Gasteiger partial charge in [0.1, 0.15) is 6.04 Å². The Hall–Kier alpha value is -2.13. The Kier molecular flexibility index (Phi) is 10.2. The number of rotatable bonds is 11. The fraction of sp³-hybridized carbons (Fsp3) is 0.391. The van der Waals surface area contributed by atoms with Crippen LogP contribution in [0.2, 0.25) is 10.0 Å². The molecule has 1 atom stereocenters. The van der Waals surface area contributed by atoms with Gasteiger partial charge in [0.05, 0.1) is 11.4 Å². The summed E-state index contributed by atoms with van der Waals surface area (Å²) in [6.45, 7) is 3.86. The number of carbonyl (C=O) groups excluding carboxylic acids is 2. The molecule has 0 saturated heterocycles. The highest BCUT2D eigenvalue weighted by molar-refractivity contribution is 7.89. The minimum absolute atomic E-state index is 0.0209. The molecular formula is C23H29Cl2N3O4S. The third-order valence-corrected chi connectivity index (χ3v) is 7.55. The molecule has 0 bridgehead atoms. The van der Waals surface area contributed by atoms with E-state index in [1.165, 1.54) is 36.2 Å². The molecule has 1 N–H and O–H groups in total. The minimum atomic E-state index is -3.93. The Labute approximate surface area is 205 Å². The molecule has 0 spiro atoms. The number of hydrogen-bond donors (Lipinski definition) is 1. The number of halogens is 2. The van der Waals surface area contributed by atoms with E-state index >= 15 is 0 Å². The van der Waals surface area contributed by atoms with Gasteiger partial charge in [0.2, 0.25) is 21.8 Å². The number of carbonyl (C=O) groups is 2. The van der Waals surface area contributed by atoms with E-state index in [-0.39, 0.29) is 17.3 Å². The second kappa shape index (κ2) is 12.4. The van der Waals surface area contributed by atoms with Crippen LogP contribution in [0.1, 0.15) is 32.3 Å². The van der Waals surface area contributed by atoms with Crippen LogP contribution in [0.4, 0.5) is 0 Å². The predicted octanol–water partition coefficient (Wildman–Crippen LogP) is 3.95. The van der Waals surface area contributed by atoms with Crippen LogP contribution >= 0.6 is 23.2 Å². The minimum Gasteiger partial charge on any atom is -0.354 e. The highest BCUT2D eigenvalue weighted by Crippen LogP contribution is 2.21. The Morgan fingerprint density at radius 2 is 1.67 bits per heavy atom. The van der Waals surface area contributed by atoms with Crippen LogP contribution in [0.15, 0.2) is 53.4 Å². The number of nitrogens with zero attached hydrogens (tertiary/aromatic N) is 2. The third-order valence-electron chi connectivity index (χ3n) is 5.11. The van der Waals surface area contributed by atoms with Crippen molar-refractivity contribution in [3.8, 4) is 0 Å². The fourth-order valence-corrected chi connectivity index (χ4v) is 4.69. The van der Waals surface area contributed by atoms with Gasteiger partial charge in [0.25, 0.3) is 0 Å². The topological polar surface area (TPSA) is 86.8 Å². The molecule has 0 aliphatic heterocycles. The molecule has 10 heteroatoms. The smallest absolute Gasteiger partial charge is 0.243 e. The average molecular weight is 514 g/mol. The van der Waals surface area contributed by atoms with Crippen molar-refractivity contribution >= 4 is 45.0 Å². The summed E-state index contributed by atoms with van der Waals surface area (Å²) in [4.78, 5) is 27.6. The van der Waals surface area contributed by atoms with E-state index in [0.29, 0.717) is 28.6 Å². The van der Waals surface area contributed by atoms with E-state index < -0.39 is 28.5 Å². The first kappa shape index (κ1) is 27.1. The first-order valence-corrected chi connectivity index (χ1v) is 12.8. The zero-order valence-electron chi connectivity index (χ0n) is 18.9. The predicted molar refractivity (Wildman–Crippen MR) is 131 cm³/mol. The summed E-state index contributed by atoms with van der Waals surface area (Å²) in [5.74, 6) is -0.795. The summed E-state index contributed by atoms with van der Waals surface area (Å²) in [5, 5.41) is 3.69. The second-order valence-corrected chi connectivity index (χ2v) is 10.4. The van der Waals surface area contributed by atoms with E-state index in [2.05, 4.69) is 5.32 Å². The summed E-state index contributed by atoms with van der Waals surface area (Å²) < 4.78 is 26.8. The normalized spacial score (nSPS) is 12.4. The molecule has 0 saturated carbocycles. The van der Waals surface area contributed by atoms with Gasteiger partial charge in [-0.3, -0.25) is 9.59 Å². The first-order valence-electron chi connectivity index (χ1n) is 10.6. The van der Waals surface area contributed by atoms with Gasteiger partial charge in [0.15, 0.2) is 0 Å². The highest BCUT2D eigenvalue weighted by Gasteiger charge is 2.32. The Morgan fingerprint density at radius 1 is 1.03 bits per heavy atom. The lowest BCUT2D eigenvalue weighted by Crippen LogP contribution is -2.51. The quantitative estimate of drug-likeness (QED) is 0.492. The van der Waals surface area contributed by atoms with Gasteiger partial charge in [-0.15, -0.1) is 0 Å². The van der Waals surface area contributed by atoms with Gasteiger partial charge in [0, 0.05) is 30.2 Å². The maximum absolute atomic E-state index is 13.4. The maximum atomic E-state index is 13.4. The summed E-state index contributed by atoms with van der Waals surface area (Å²) in [6, 6.07) is 12.0. The van der Waals surface area contributed by atoms with Crippen molar-refractivity contribution in [3.05, 3.63) is 64.1 Å². The monoisotopic (exact) mass is 513 g/mol. The lowest BCUT2D eigenvalue weighted by molar-refractivity contribution is -0.141. The fourth-order valence-electron chi connectivity index (χ4n) is 3.25. The van der Waals surface area contributed by atoms with Gasteiger partial charge in [-0.05, 0) is 48.7 Å². The van der Waals surface area contributed by atoms with Gasteiger partial charge in [-0.25, -0.2) is 8.42 Å². The summed E-state index contributed by atoms with van der Waals surface area (Å²) in [5.41, 5.74) is 0.664. The molecule has 0 radical (unpaired) electrons. The number of hydrogen-bond acceptors (Lipinski definition) is 4.